The molecule has 0 aliphatic heterocycles. The van der Waals surface area contributed by atoms with E-state index in [4.69, 9.17) is 5.11 Å². The minimum Gasteiger partial charge on any atom is -0.480 e. The zero-order valence-electron chi connectivity index (χ0n) is 10.2. The van der Waals surface area contributed by atoms with Crippen molar-refractivity contribution in [3.8, 4) is 0 Å². The molecule has 4 heteroatoms. The van der Waals surface area contributed by atoms with Gasteiger partial charge in [0.05, 0.1) is 0 Å². The smallest absolute Gasteiger partial charge is 0.320 e. The largest absolute Gasteiger partial charge is 0.480 e. The predicted molar refractivity (Wildman–Crippen MR) is 71.9 cm³/mol. The van der Waals surface area contributed by atoms with Crippen LogP contribution in [-0.4, -0.2) is 29.1 Å². The van der Waals surface area contributed by atoms with Gasteiger partial charge in [-0.05, 0) is 25.1 Å². The number of nitrogens with zero attached hydrogens (tertiary/aromatic N) is 1. The zero-order chi connectivity index (χ0) is 12.8. The summed E-state index contributed by atoms with van der Waals surface area (Å²) in [6.07, 6.45) is 1.55. The van der Waals surface area contributed by atoms with E-state index in [1.165, 1.54) is 0 Å². The normalized spacial score (nSPS) is 12.7. The molecule has 1 atom stereocenters. The second-order valence-corrected chi connectivity index (χ2v) is 5.00. The van der Waals surface area contributed by atoms with Crippen LogP contribution in [0, 0.1) is 0 Å². The Morgan fingerprint density at radius 3 is 2.65 bits per heavy atom. The number of aliphatic carboxylic acids is 1. The quantitative estimate of drug-likeness (QED) is 0.877. The molecule has 0 aliphatic rings. The molecule has 1 aromatic rings. The Balaban J connectivity index is 2.73. The van der Waals surface area contributed by atoms with Gasteiger partial charge in [0.25, 0.3) is 0 Å². The van der Waals surface area contributed by atoms with E-state index in [1.54, 1.807) is 0 Å². The molecule has 0 saturated heterocycles. The summed E-state index contributed by atoms with van der Waals surface area (Å²) < 4.78 is 1.02. The van der Waals surface area contributed by atoms with E-state index in [1.807, 2.05) is 43.1 Å². The van der Waals surface area contributed by atoms with Gasteiger partial charge >= 0.3 is 5.97 Å². The highest BCUT2D eigenvalue weighted by molar-refractivity contribution is 9.10. The van der Waals surface area contributed by atoms with Crippen LogP contribution < -0.4 is 0 Å². The molecule has 0 radical (unpaired) electrons. The van der Waals surface area contributed by atoms with Crippen LogP contribution in [0.25, 0.3) is 0 Å². The van der Waals surface area contributed by atoms with Crippen LogP contribution in [0.2, 0.25) is 0 Å². The third-order valence-electron chi connectivity index (χ3n) is 2.76. The van der Waals surface area contributed by atoms with Crippen LogP contribution in [-0.2, 0) is 11.3 Å². The molecule has 0 saturated carbocycles. The second-order valence-electron chi connectivity index (χ2n) is 4.15. The lowest BCUT2D eigenvalue weighted by Crippen LogP contribution is -2.37. The summed E-state index contributed by atoms with van der Waals surface area (Å²) in [7, 11) is 1.86. The van der Waals surface area contributed by atoms with Crippen LogP contribution in [0.5, 0.6) is 0 Å². The van der Waals surface area contributed by atoms with Gasteiger partial charge in [-0.2, -0.15) is 0 Å². The van der Waals surface area contributed by atoms with Crippen molar-refractivity contribution in [2.75, 3.05) is 7.05 Å². The molecular formula is C13H18BrNO2. The highest BCUT2D eigenvalue weighted by Gasteiger charge is 2.21. The molecule has 1 rings (SSSR count). The van der Waals surface area contributed by atoms with Crippen molar-refractivity contribution in [3.63, 3.8) is 0 Å². The van der Waals surface area contributed by atoms with Crippen molar-refractivity contribution in [1.82, 2.24) is 4.90 Å². The van der Waals surface area contributed by atoms with Gasteiger partial charge in [-0.25, -0.2) is 0 Å². The van der Waals surface area contributed by atoms with E-state index in [9.17, 15) is 4.79 Å². The maximum atomic E-state index is 11.2. The first-order chi connectivity index (χ1) is 8.06. The number of carbonyl (C=O) groups is 1. The first-order valence-electron chi connectivity index (χ1n) is 5.72. The number of benzene rings is 1. The number of carboxylic acid groups (broad SMARTS) is 1. The number of hydrogen-bond acceptors (Lipinski definition) is 2. The average molecular weight is 300 g/mol. The summed E-state index contributed by atoms with van der Waals surface area (Å²) in [5.74, 6) is -0.749. The fourth-order valence-electron chi connectivity index (χ4n) is 1.81. The lowest BCUT2D eigenvalue weighted by atomic mass is 10.1. The lowest BCUT2D eigenvalue weighted by Gasteiger charge is -2.24. The molecule has 1 aromatic carbocycles. The topological polar surface area (TPSA) is 40.5 Å². The summed E-state index contributed by atoms with van der Waals surface area (Å²) in [6, 6.07) is 7.48. The average Bonchev–Trinajstić information content (AvgIpc) is 2.28. The van der Waals surface area contributed by atoms with Gasteiger partial charge in [0.2, 0.25) is 0 Å². The highest BCUT2D eigenvalue weighted by Crippen LogP contribution is 2.19. The van der Waals surface area contributed by atoms with E-state index in [-0.39, 0.29) is 0 Å². The van der Waals surface area contributed by atoms with Gasteiger partial charge < -0.3 is 5.11 Å². The van der Waals surface area contributed by atoms with E-state index < -0.39 is 12.0 Å². The van der Waals surface area contributed by atoms with Gasteiger partial charge in [0.15, 0.2) is 0 Å². The van der Waals surface area contributed by atoms with Gasteiger partial charge in [-0.3, -0.25) is 9.69 Å². The van der Waals surface area contributed by atoms with E-state index in [0.29, 0.717) is 13.0 Å². The van der Waals surface area contributed by atoms with Gasteiger partial charge in [-0.1, -0.05) is 47.5 Å². The van der Waals surface area contributed by atoms with Crippen LogP contribution in [0.3, 0.4) is 0 Å². The van der Waals surface area contributed by atoms with Gasteiger partial charge in [0, 0.05) is 11.0 Å². The maximum Gasteiger partial charge on any atom is 0.320 e. The van der Waals surface area contributed by atoms with Crippen LogP contribution in [0.1, 0.15) is 25.3 Å². The Morgan fingerprint density at radius 2 is 2.12 bits per heavy atom. The number of carboxylic acids is 1. The summed E-state index contributed by atoms with van der Waals surface area (Å²) in [6.45, 7) is 2.64. The molecule has 0 fully saturated rings. The van der Waals surface area contributed by atoms with E-state index in [0.717, 1.165) is 16.5 Å². The number of hydrogen-bond donors (Lipinski definition) is 1. The molecule has 0 amide bonds. The van der Waals surface area contributed by atoms with Crippen molar-refractivity contribution >= 4 is 21.9 Å². The number of rotatable bonds is 6. The molecule has 94 valence electrons. The summed E-state index contributed by atoms with van der Waals surface area (Å²) in [5.41, 5.74) is 1.11. The lowest BCUT2D eigenvalue weighted by molar-refractivity contribution is -0.143. The fraction of sp³-hybridized carbons (Fsp3) is 0.462. The molecule has 0 bridgehead atoms. The third-order valence-corrected chi connectivity index (χ3v) is 3.53. The maximum absolute atomic E-state index is 11.2. The Bertz CT molecular complexity index is 381. The summed E-state index contributed by atoms with van der Waals surface area (Å²) >= 11 is 3.48. The Morgan fingerprint density at radius 1 is 1.47 bits per heavy atom. The summed E-state index contributed by atoms with van der Waals surface area (Å²) in [5, 5.41) is 9.17. The monoisotopic (exact) mass is 299 g/mol. The molecule has 0 heterocycles. The molecule has 0 aromatic heterocycles. The molecule has 1 N–H and O–H groups in total. The SMILES string of the molecule is CCCC(C(=O)O)N(C)Cc1ccccc1Br. The minimum atomic E-state index is -0.749. The van der Waals surface area contributed by atoms with Gasteiger partial charge in [0.1, 0.15) is 6.04 Å². The Kier molecular flexibility index (Phi) is 5.65. The van der Waals surface area contributed by atoms with Crippen molar-refractivity contribution in [2.45, 2.75) is 32.4 Å². The van der Waals surface area contributed by atoms with Gasteiger partial charge in [-0.15, -0.1) is 0 Å². The molecule has 0 aliphatic carbocycles. The number of likely N-dealkylation sites (N-methyl/N-ethyl adjacent to an activating group) is 1. The van der Waals surface area contributed by atoms with Crippen molar-refractivity contribution in [2.24, 2.45) is 0 Å². The van der Waals surface area contributed by atoms with Crippen LogP contribution >= 0.6 is 15.9 Å². The molecule has 0 spiro atoms. The predicted octanol–water partition coefficient (Wildman–Crippen LogP) is 3.13. The Hall–Kier alpha value is -0.870. The standard InChI is InChI=1S/C13H18BrNO2/c1-3-6-12(13(16)17)15(2)9-10-7-4-5-8-11(10)14/h4-5,7-8,12H,3,6,9H2,1-2H3,(H,16,17). The molecule has 1 unspecified atom stereocenters. The van der Waals surface area contributed by atoms with Crippen molar-refractivity contribution in [3.05, 3.63) is 34.3 Å². The third kappa shape index (κ3) is 4.13. The van der Waals surface area contributed by atoms with E-state index >= 15 is 0 Å². The second kappa shape index (κ2) is 6.77. The summed E-state index contributed by atoms with van der Waals surface area (Å²) in [4.78, 5) is 13.0. The zero-order valence-corrected chi connectivity index (χ0v) is 11.8. The van der Waals surface area contributed by atoms with Crippen LogP contribution in [0.4, 0.5) is 0 Å². The molecular weight excluding hydrogens is 282 g/mol. The first kappa shape index (κ1) is 14.2. The molecule has 3 nitrogen and oxygen atoms in total. The van der Waals surface area contributed by atoms with Crippen LogP contribution in [0.15, 0.2) is 28.7 Å². The minimum absolute atomic E-state index is 0.410. The fourth-order valence-corrected chi connectivity index (χ4v) is 2.22. The van der Waals surface area contributed by atoms with Crippen molar-refractivity contribution < 1.29 is 9.90 Å². The number of halogens is 1. The van der Waals surface area contributed by atoms with Crippen molar-refractivity contribution in [1.29, 1.82) is 0 Å². The van der Waals surface area contributed by atoms with E-state index in [2.05, 4.69) is 15.9 Å². The Labute approximate surface area is 111 Å². The molecule has 17 heavy (non-hydrogen) atoms. The first-order valence-corrected chi connectivity index (χ1v) is 6.52. The highest BCUT2D eigenvalue weighted by atomic mass is 79.9.